The van der Waals surface area contributed by atoms with Gasteiger partial charge in [0.1, 0.15) is 11.6 Å². The Kier molecular flexibility index (Phi) is 4.87. The summed E-state index contributed by atoms with van der Waals surface area (Å²) in [6.45, 7) is 0. The summed E-state index contributed by atoms with van der Waals surface area (Å²) in [6.07, 6.45) is 0. The number of hydrogen-bond donors (Lipinski definition) is 1. The van der Waals surface area contributed by atoms with Gasteiger partial charge in [-0.3, -0.25) is 10.1 Å². The van der Waals surface area contributed by atoms with Gasteiger partial charge in [0.25, 0.3) is 5.69 Å². The topological polar surface area (TPSA) is 69.2 Å². The molecular formula is C14H12F2N2O2S. The molecule has 2 aromatic carbocycles. The Labute approximate surface area is 124 Å². The molecule has 1 atom stereocenters. The molecule has 0 fully saturated rings. The highest BCUT2D eigenvalue weighted by molar-refractivity contribution is 7.99. The molecule has 2 rings (SSSR count). The van der Waals surface area contributed by atoms with Crippen molar-refractivity contribution >= 4 is 17.4 Å². The van der Waals surface area contributed by atoms with Gasteiger partial charge < -0.3 is 5.73 Å². The molecule has 0 aromatic heterocycles. The summed E-state index contributed by atoms with van der Waals surface area (Å²) >= 11 is 1.32. The third-order valence-corrected chi connectivity index (χ3v) is 3.97. The predicted molar refractivity (Wildman–Crippen MR) is 77.1 cm³/mol. The molecule has 0 spiro atoms. The molecule has 0 aliphatic rings. The van der Waals surface area contributed by atoms with Gasteiger partial charge in [-0.25, -0.2) is 8.78 Å². The highest BCUT2D eigenvalue weighted by atomic mass is 32.2. The van der Waals surface area contributed by atoms with Gasteiger partial charge in [0.2, 0.25) is 0 Å². The molecule has 0 radical (unpaired) electrons. The Morgan fingerprint density at radius 2 is 1.86 bits per heavy atom. The maximum atomic E-state index is 13.6. The van der Waals surface area contributed by atoms with Crippen LogP contribution in [0.3, 0.4) is 0 Å². The molecule has 21 heavy (non-hydrogen) atoms. The van der Waals surface area contributed by atoms with Crippen molar-refractivity contribution < 1.29 is 13.7 Å². The highest BCUT2D eigenvalue weighted by Crippen LogP contribution is 2.26. The summed E-state index contributed by atoms with van der Waals surface area (Å²) in [4.78, 5) is 10.8. The molecule has 0 saturated carbocycles. The molecule has 0 aliphatic heterocycles. The van der Waals surface area contributed by atoms with Crippen molar-refractivity contribution in [1.29, 1.82) is 0 Å². The molecule has 7 heteroatoms. The van der Waals surface area contributed by atoms with E-state index < -0.39 is 22.6 Å². The average molecular weight is 310 g/mol. The van der Waals surface area contributed by atoms with Crippen molar-refractivity contribution in [2.45, 2.75) is 10.9 Å². The fraction of sp³-hybridized carbons (Fsp3) is 0.143. The van der Waals surface area contributed by atoms with Gasteiger partial charge in [0.15, 0.2) is 0 Å². The summed E-state index contributed by atoms with van der Waals surface area (Å²) in [7, 11) is 0. The number of nitrogens with zero attached hydrogens (tertiary/aromatic N) is 1. The first-order valence-electron chi connectivity index (χ1n) is 6.05. The fourth-order valence-electron chi connectivity index (χ4n) is 1.74. The zero-order valence-corrected chi connectivity index (χ0v) is 11.6. The van der Waals surface area contributed by atoms with E-state index in [2.05, 4.69) is 0 Å². The molecular weight excluding hydrogens is 298 g/mol. The van der Waals surface area contributed by atoms with Crippen molar-refractivity contribution in [3.63, 3.8) is 0 Å². The number of nitro benzene ring substituents is 1. The molecule has 1 unspecified atom stereocenters. The Morgan fingerprint density at radius 3 is 2.48 bits per heavy atom. The summed E-state index contributed by atoms with van der Waals surface area (Å²) < 4.78 is 26.7. The van der Waals surface area contributed by atoms with Crippen molar-refractivity contribution in [2.24, 2.45) is 5.73 Å². The van der Waals surface area contributed by atoms with Gasteiger partial charge in [-0.05, 0) is 30.3 Å². The van der Waals surface area contributed by atoms with Crippen LogP contribution in [0.5, 0.6) is 0 Å². The molecule has 0 heterocycles. The lowest BCUT2D eigenvalue weighted by molar-refractivity contribution is -0.384. The third-order valence-electron chi connectivity index (χ3n) is 2.83. The van der Waals surface area contributed by atoms with E-state index in [0.29, 0.717) is 5.75 Å². The minimum atomic E-state index is -0.666. The van der Waals surface area contributed by atoms with E-state index in [9.17, 15) is 18.9 Å². The van der Waals surface area contributed by atoms with Crippen molar-refractivity contribution in [1.82, 2.24) is 0 Å². The molecule has 0 bridgehead atoms. The third kappa shape index (κ3) is 3.99. The van der Waals surface area contributed by atoms with Gasteiger partial charge in [0, 0.05) is 34.4 Å². The number of non-ortho nitro benzene ring substituents is 1. The van der Waals surface area contributed by atoms with E-state index in [1.54, 1.807) is 12.1 Å². The lowest BCUT2D eigenvalue weighted by Gasteiger charge is -2.12. The molecule has 110 valence electrons. The number of halogens is 2. The molecule has 0 saturated heterocycles. The monoisotopic (exact) mass is 310 g/mol. The Morgan fingerprint density at radius 1 is 1.19 bits per heavy atom. The number of hydrogen-bond acceptors (Lipinski definition) is 4. The van der Waals surface area contributed by atoms with E-state index >= 15 is 0 Å². The van der Waals surface area contributed by atoms with Gasteiger partial charge in [-0.1, -0.05) is 0 Å². The fourth-order valence-corrected chi connectivity index (χ4v) is 2.62. The van der Waals surface area contributed by atoms with E-state index in [4.69, 9.17) is 5.73 Å². The number of thioether (sulfide) groups is 1. The Hall–Kier alpha value is -1.99. The number of nitro groups is 1. The van der Waals surface area contributed by atoms with Crippen LogP contribution in [0.25, 0.3) is 0 Å². The number of benzene rings is 2. The average Bonchev–Trinajstić information content (AvgIpc) is 2.47. The smallest absolute Gasteiger partial charge is 0.269 e. The van der Waals surface area contributed by atoms with E-state index in [0.717, 1.165) is 23.1 Å². The number of rotatable bonds is 5. The van der Waals surface area contributed by atoms with E-state index in [1.807, 2.05) is 0 Å². The summed E-state index contributed by atoms with van der Waals surface area (Å²) in [5.41, 5.74) is 5.97. The van der Waals surface area contributed by atoms with Crippen LogP contribution in [0, 0.1) is 21.7 Å². The van der Waals surface area contributed by atoms with Gasteiger partial charge in [-0.2, -0.15) is 0 Å². The van der Waals surface area contributed by atoms with Crippen LogP contribution < -0.4 is 5.73 Å². The Balaban J connectivity index is 2.02. The van der Waals surface area contributed by atoms with Crippen LogP contribution in [0.4, 0.5) is 14.5 Å². The SMILES string of the molecule is NC(CSc1ccc([N+](=O)[O-])cc1)c1cc(F)ccc1F. The lowest BCUT2D eigenvalue weighted by Crippen LogP contribution is -2.15. The maximum absolute atomic E-state index is 13.6. The summed E-state index contributed by atoms with van der Waals surface area (Å²) in [5, 5.41) is 10.5. The minimum absolute atomic E-state index is 0.000164. The predicted octanol–water partition coefficient (Wildman–Crippen LogP) is 3.67. The Bertz CT molecular complexity index is 650. The molecule has 2 N–H and O–H groups in total. The highest BCUT2D eigenvalue weighted by Gasteiger charge is 2.13. The van der Waals surface area contributed by atoms with Crippen molar-refractivity contribution in [2.75, 3.05) is 5.75 Å². The zero-order valence-electron chi connectivity index (χ0n) is 10.8. The van der Waals surface area contributed by atoms with Crippen molar-refractivity contribution in [3.8, 4) is 0 Å². The first-order chi connectivity index (χ1) is 9.97. The number of nitrogens with two attached hydrogens (primary N) is 1. The largest absolute Gasteiger partial charge is 0.323 e. The maximum Gasteiger partial charge on any atom is 0.269 e. The first-order valence-corrected chi connectivity index (χ1v) is 7.03. The van der Waals surface area contributed by atoms with Gasteiger partial charge in [-0.15, -0.1) is 11.8 Å². The molecule has 0 aliphatic carbocycles. The van der Waals surface area contributed by atoms with Crippen LogP contribution in [-0.2, 0) is 0 Å². The van der Waals surface area contributed by atoms with Crippen LogP contribution >= 0.6 is 11.8 Å². The van der Waals surface area contributed by atoms with Crippen molar-refractivity contribution in [3.05, 3.63) is 69.8 Å². The second kappa shape index (κ2) is 6.64. The van der Waals surface area contributed by atoms with Crippen LogP contribution in [0.1, 0.15) is 11.6 Å². The zero-order chi connectivity index (χ0) is 15.4. The normalized spacial score (nSPS) is 12.1. The molecule has 2 aromatic rings. The first kappa shape index (κ1) is 15.4. The summed E-state index contributed by atoms with van der Waals surface area (Å²) in [5.74, 6) is -0.756. The summed E-state index contributed by atoms with van der Waals surface area (Å²) in [6, 6.07) is 8.45. The lowest BCUT2D eigenvalue weighted by atomic mass is 10.1. The van der Waals surface area contributed by atoms with Gasteiger partial charge >= 0.3 is 0 Å². The van der Waals surface area contributed by atoms with E-state index in [-0.39, 0.29) is 11.3 Å². The van der Waals surface area contributed by atoms with Crippen LogP contribution in [-0.4, -0.2) is 10.7 Å². The second-order valence-corrected chi connectivity index (χ2v) is 5.43. The molecule has 0 amide bonds. The van der Waals surface area contributed by atoms with Gasteiger partial charge in [0.05, 0.1) is 4.92 Å². The quantitative estimate of drug-likeness (QED) is 0.520. The van der Waals surface area contributed by atoms with Crippen LogP contribution in [0.2, 0.25) is 0 Å². The molecule has 4 nitrogen and oxygen atoms in total. The van der Waals surface area contributed by atoms with E-state index in [1.165, 1.54) is 23.9 Å². The standard InChI is InChI=1S/C14H12F2N2O2S/c15-9-1-6-13(16)12(7-9)14(17)8-21-11-4-2-10(3-5-11)18(19)20/h1-7,14H,8,17H2. The minimum Gasteiger partial charge on any atom is -0.323 e. The second-order valence-electron chi connectivity index (χ2n) is 4.33. The van der Waals surface area contributed by atoms with Crippen LogP contribution in [0.15, 0.2) is 47.4 Å².